The van der Waals surface area contributed by atoms with E-state index < -0.39 is 0 Å². The first kappa shape index (κ1) is 25.0. The summed E-state index contributed by atoms with van der Waals surface area (Å²) in [6.45, 7) is 10.3. The smallest absolute Gasteiger partial charge is 0.220 e. The van der Waals surface area contributed by atoms with Crippen LogP contribution in [0, 0.1) is 11.8 Å². The fourth-order valence-electron chi connectivity index (χ4n) is 5.28. The van der Waals surface area contributed by atoms with Gasteiger partial charge in [-0.25, -0.2) is 0 Å². The van der Waals surface area contributed by atoms with Gasteiger partial charge in [0, 0.05) is 31.1 Å². The third-order valence-electron chi connectivity index (χ3n) is 6.94. The van der Waals surface area contributed by atoms with Crippen LogP contribution in [0.2, 0.25) is 0 Å². The number of carbonyl (C=O) groups is 1. The molecule has 1 aliphatic carbocycles. The maximum Gasteiger partial charge on any atom is 0.220 e. The Hall–Kier alpha value is -0.0700. The number of halogens is 2. The molecule has 0 bridgehead atoms. The predicted octanol–water partition coefficient (Wildman–Crippen LogP) is 3.01. The summed E-state index contributed by atoms with van der Waals surface area (Å²) >= 11 is 0. The van der Waals surface area contributed by atoms with Crippen molar-refractivity contribution in [1.29, 1.82) is 0 Å². The van der Waals surface area contributed by atoms with Crippen molar-refractivity contribution in [3.8, 4) is 0 Å². The van der Waals surface area contributed by atoms with E-state index in [1.54, 1.807) is 0 Å². The van der Waals surface area contributed by atoms with Crippen molar-refractivity contribution in [3.05, 3.63) is 0 Å². The second kappa shape index (κ2) is 11.8. The van der Waals surface area contributed by atoms with Gasteiger partial charge >= 0.3 is 0 Å². The molecule has 2 N–H and O–H groups in total. The normalized spacial score (nSPS) is 27.7. The van der Waals surface area contributed by atoms with Crippen LogP contribution in [-0.4, -0.2) is 61.8 Å². The van der Waals surface area contributed by atoms with Crippen molar-refractivity contribution in [2.75, 3.05) is 39.4 Å². The summed E-state index contributed by atoms with van der Waals surface area (Å²) in [6, 6.07) is 0.220. The zero-order valence-electron chi connectivity index (χ0n) is 17.0. The van der Waals surface area contributed by atoms with E-state index in [0.717, 1.165) is 39.4 Å². The number of morpholine rings is 1. The van der Waals surface area contributed by atoms with Crippen LogP contribution < -0.4 is 10.6 Å². The molecule has 5 nitrogen and oxygen atoms in total. The van der Waals surface area contributed by atoms with Crippen LogP contribution in [-0.2, 0) is 9.53 Å². The number of nitrogens with one attached hydrogen (secondary N) is 2. The third-order valence-corrected chi connectivity index (χ3v) is 6.94. The largest absolute Gasteiger partial charge is 0.379 e. The minimum absolute atomic E-state index is 0. The Morgan fingerprint density at radius 1 is 1.19 bits per heavy atom. The summed E-state index contributed by atoms with van der Waals surface area (Å²) in [5.74, 6) is 1.35. The first-order chi connectivity index (χ1) is 12.1. The zero-order chi connectivity index (χ0) is 17.7. The Morgan fingerprint density at radius 2 is 1.85 bits per heavy atom. The van der Waals surface area contributed by atoms with E-state index in [1.807, 2.05) is 0 Å². The van der Waals surface area contributed by atoms with Gasteiger partial charge in [0.15, 0.2) is 0 Å². The van der Waals surface area contributed by atoms with E-state index in [9.17, 15) is 4.79 Å². The molecular formula is C20H39Cl2N3O2. The lowest BCUT2D eigenvalue weighted by molar-refractivity contribution is -0.124. The maximum absolute atomic E-state index is 12.7. The van der Waals surface area contributed by atoms with Gasteiger partial charge in [0.05, 0.1) is 13.2 Å². The van der Waals surface area contributed by atoms with Crippen LogP contribution in [0.1, 0.15) is 58.8 Å². The van der Waals surface area contributed by atoms with E-state index in [4.69, 9.17) is 4.74 Å². The molecule has 1 amide bonds. The number of rotatable bonds is 6. The molecule has 2 aliphatic heterocycles. The summed E-state index contributed by atoms with van der Waals surface area (Å²) < 4.78 is 5.55. The van der Waals surface area contributed by atoms with Crippen LogP contribution in [0.4, 0.5) is 0 Å². The Labute approximate surface area is 177 Å². The number of piperidine rings is 1. The molecule has 2 saturated heterocycles. The van der Waals surface area contributed by atoms with E-state index in [1.165, 1.54) is 38.5 Å². The average Bonchev–Trinajstić information content (AvgIpc) is 3.14. The maximum atomic E-state index is 12.7. The standard InChI is InChI=1S/C20H37N3O2.2ClH/c1-16(18-6-5-9-21-15-18)14-19(24)22-17(2)20(7-3-4-8-20)23-10-12-25-13-11-23;;/h16-18,21H,3-15H2,1-2H3,(H,22,24);2*1H. The lowest BCUT2D eigenvalue weighted by Crippen LogP contribution is -2.62. The van der Waals surface area contributed by atoms with E-state index in [-0.39, 0.29) is 42.3 Å². The van der Waals surface area contributed by atoms with Gasteiger partial charge in [0.25, 0.3) is 0 Å². The molecule has 1 saturated carbocycles. The van der Waals surface area contributed by atoms with Crippen molar-refractivity contribution in [1.82, 2.24) is 15.5 Å². The summed E-state index contributed by atoms with van der Waals surface area (Å²) in [5.41, 5.74) is 0.148. The van der Waals surface area contributed by atoms with E-state index in [0.29, 0.717) is 18.3 Å². The monoisotopic (exact) mass is 423 g/mol. The lowest BCUT2D eigenvalue weighted by Gasteiger charge is -2.47. The Morgan fingerprint density at radius 3 is 2.44 bits per heavy atom. The van der Waals surface area contributed by atoms with Crippen LogP contribution >= 0.6 is 24.8 Å². The lowest BCUT2D eigenvalue weighted by atomic mass is 9.84. The van der Waals surface area contributed by atoms with Gasteiger partial charge in [-0.2, -0.15) is 0 Å². The van der Waals surface area contributed by atoms with Crippen molar-refractivity contribution >= 4 is 30.7 Å². The minimum Gasteiger partial charge on any atom is -0.379 e. The average molecular weight is 424 g/mol. The van der Waals surface area contributed by atoms with Crippen molar-refractivity contribution < 1.29 is 9.53 Å². The van der Waals surface area contributed by atoms with Gasteiger partial charge in [-0.1, -0.05) is 19.8 Å². The van der Waals surface area contributed by atoms with Gasteiger partial charge in [-0.05, 0) is 57.5 Å². The molecule has 3 rings (SSSR count). The molecule has 0 aromatic heterocycles. The molecule has 3 atom stereocenters. The van der Waals surface area contributed by atoms with Gasteiger partial charge in [0.1, 0.15) is 0 Å². The number of ether oxygens (including phenoxy) is 1. The molecule has 0 spiro atoms. The summed E-state index contributed by atoms with van der Waals surface area (Å²) in [5, 5.41) is 6.86. The molecule has 7 heteroatoms. The molecule has 2 heterocycles. The Balaban J connectivity index is 0.00000182. The fraction of sp³-hybridized carbons (Fsp3) is 0.950. The highest BCUT2D eigenvalue weighted by Gasteiger charge is 2.45. The first-order valence-corrected chi connectivity index (χ1v) is 10.4. The highest BCUT2D eigenvalue weighted by Crippen LogP contribution is 2.38. The van der Waals surface area contributed by atoms with Crippen molar-refractivity contribution in [2.45, 2.75) is 70.4 Å². The number of hydrogen-bond donors (Lipinski definition) is 2. The Kier molecular flexibility index (Phi) is 10.9. The van der Waals surface area contributed by atoms with Crippen LogP contribution in [0.5, 0.6) is 0 Å². The predicted molar refractivity (Wildman–Crippen MR) is 115 cm³/mol. The SMILES string of the molecule is CC(CC(=O)NC(C)C1(N2CCOCC2)CCCC1)C1CCCNC1.Cl.Cl. The molecule has 3 fully saturated rings. The van der Waals surface area contributed by atoms with Gasteiger partial charge in [-0.3, -0.25) is 9.69 Å². The van der Waals surface area contributed by atoms with Crippen LogP contribution in [0.3, 0.4) is 0 Å². The summed E-state index contributed by atoms with van der Waals surface area (Å²) in [7, 11) is 0. The van der Waals surface area contributed by atoms with Crippen molar-refractivity contribution in [2.24, 2.45) is 11.8 Å². The quantitative estimate of drug-likeness (QED) is 0.689. The first-order valence-electron chi connectivity index (χ1n) is 10.4. The number of hydrogen-bond acceptors (Lipinski definition) is 4. The minimum atomic E-state index is 0. The molecule has 0 aromatic carbocycles. The van der Waals surface area contributed by atoms with Gasteiger partial charge < -0.3 is 15.4 Å². The summed E-state index contributed by atoms with van der Waals surface area (Å²) in [4.78, 5) is 15.3. The van der Waals surface area contributed by atoms with Gasteiger partial charge in [0.2, 0.25) is 5.91 Å². The third kappa shape index (κ3) is 6.20. The molecule has 3 aliphatic rings. The molecule has 160 valence electrons. The fourth-order valence-corrected chi connectivity index (χ4v) is 5.28. The summed E-state index contributed by atoms with van der Waals surface area (Å²) in [6.07, 6.45) is 8.13. The Bertz CT molecular complexity index is 435. The highest BCUT2D eigenvalue weighted by molar-refractivity contribution is 5.85. The second-order valence-corrected chi connectivity index (χ2v) is 8.49. The molecule has 0 radical (unpaired) electrons. The molecule has 0 aromatic rings. The molecule has 27 heavy (non-hydrogen) atoms. The molecular weight excluding hydrogens is 385 g/mol. The topological polar surface area (TPSA) is 53.6 Å². The van der Waals surface area contributed by atoms with Gasteiger partial charge in [-0.15, -0.1) is 24.8 Å². The number of amides is 1. The van der Waals surface area contributed by atoms with Crippen LogP contribution in [0.15, 0.2) is 0 Å². The van der Waals surface area contributed by atoms with E-state index >= 15 is 0 Å². The highest BCUT2D eigenvalue weighted by atomic mass is 35.5. The second-order valence-electron chi connectivity index (χ2n) is 8.49. The van der Waals surface area contributed by atoms with E-state index in [2.05, 4.69) is 29.4 Å². The van der Waals surface area contributed by atoms with Crippen LogP contribution in [0.25, 0.3) is 0 Å². The zero-order valence-corrected chi connectivity index (χ0v) is 18.6. The number of nitrogens with zero attached hydrogens (tertiary/aromatic N) is 1. The van der Waals surface area contributed by atoms with Crippen molar-refractivity contribution in [3.63, 3.8) is 0 Å². The number of carbonyl (C=O) groups excluding carboxylic acids is 1. The molecule has 3 unspecified atom stereocenters.